The van der Waals surface area contributed by atoms with Crippen molar-refractivity contribution in [3.05, 3.63) is 12.5 Å². The zero-order chi connectivity index (χ0) is 9.99. The number of ether oxygens (including phenoxy) is 1. The Hall–Kier alpha value is -0.533. The molecule has 70 valence electrons. The summed E-state index contributed by atoms with van der Waals surface area (Å²) in [5, 5.41) is 0.163. The summed E-state index contributed by atoms with van der Waals surface area (Å²) in [5.41, 5.74) is 0. The Balaban J connectivity index is 4.33. The van der Waals surface area contributed by atoms with Gasteiger partial charge in [0.2, 0.25) is 0 Å². The molecule has 0 bridgehead atoms. The molecule has 0 fully saturated rings. The zero-order valence-corrected chi connectivity index (χ0v) is 9.89. The molecule has 2 nitrogen and oxygen atoms in total. The lowest BCUT2D eigenvalue weighted by molar-refractivity contribution is 0.141. The third-order valence-electron chi connectivity index (χ3n) is 2.36. The number of rotatable bonds is 3. The maximum absolute atomic E-state index is 5.56. The summed E-state index contributed by atoms with van der Waals surface area (Å²) >= 11 is 0. The third-order valence-corrected chi connectivity index (χ3v) is 6.69. The summed E-state index contributed by atoms with van der Waals surface area (Å²) in [5.74, 6) is 0.182. The molecular formula is C9H19O2Si+. The molecule has 0 aliphatic rings. The predicted molar refractivity (Wildman–Crippen MR) is 53.1 cm³/mol. The average Bonchev–Trinajstić information content (AvgIpc) is 1.84. The zero-order valence-electron chi connectivity index (χ0n) is 8.89. The van der Waals surface area contributed by atoms with Crippen LogP contribution in [0, 0.1) is 6.58 Å². The molecule has 0 heterocycles. The number of methoxy groups -OCH3 is 1. The highest BCUT2D eigenvalue weighted by atomic mass is 28.4. The number of hydrogen-bond donors (Lipinski definition) is 0. The monoisotopic (exact) mass is 187 g/mol. The van der Waals surface area contributed by atoms with Gasteiger partial charge in [-0.15, -0.1) is 0 Å². The lowest BCUT2D eigenvalue weighted by Crippen LogP contribution is -2.40. The van der Waals surface area contributed by atoms with Crippen LogP contribution in [0.3, 0.4) is 0 Å². The van der Waals surface area contributed by atoms with Crippen molar-refractivity contribution in [3.63, 3.8) is 0 Å². The standard InChI is InChI=1S/C9H19O2Si/c1-8(10-5)11-12(6,7)9(2,3)4/h1H,2-7H3/q+1. The highest BCUT2D eigenvalue weighted by molar-refractivity contribution is 6.74. The molecule has 0 aliphatic heterocycles. The van der Waals surface area contributed by atoms with Crippen LogP contribution in [0.4, 0.5) is 0 Å². The highest BCUT2D eigenvalue weighted by Gasteiger charge is 2.41. The van der Waals surface area contributed by atoms with E-state index in [9.17, 15) is 0 Å². The summed E-state index contributed by atoms with van der Waals surface area (Å²) in [6.07, 6.45) is 0. The normalized spacial score (nSPS) is 12.4. The molecular weight excluding hydrogens is 168 g/mol. The van der Waals surface area contributed by atoms with Gasteiger partial charge in [-0.25, -0.2) is 0 Å². The first-order valence-electron chi connectivity index (χ1n) is 4.06. The first kappa shape index (κ1) is 11.5. The minimum Gasteiger partial charge on any atom is -0.480 e. The van der Waals surface area contributed by atoms with Gasteiger partial charge >= 0.3 is 5.95 Å². The second-order valence-corrected chi connectivity index (χ2v) is 9.11. The Labute approximate surface area is 76.7 Å². The van der Waals surface area contributed by atoms with Crippen molar-refractivity contribution in [1.82, 2.24) is 0 Å². The minimum absolute atomic E-state index is 0.163. The van der Waals surface area contributed by atoms with Crippen LogP contribution in [-0.2, 0) is 9.16 Å². The highest BCUT2D eigenvalue weighted by Crippen LogP contribution is 2.37. The first-order valence-corrected chi connectivity index (χ1v) is 6.97. The van der Waals surface area contributed by atoms with Gasteiger partial charge in [-0.05, 0) is 18.1 Å². The summed E-state index contributed by atoms with van der Waals surface area (Å²) in [4.78, 5) is 0. The van der Waals surface area contributed by atoms with E-state index in [0.717, 1.165) is 0 Å². The molecule has 0 aliphatic carbocycles. The smallest absolute Gasteiger partial charge is 0.480 e. The fourth-order valence-electron chi connectivity index (χ4n) is 0.446. The van der Waals surface area contributed by atoms with Crippen LogP contribution in [0.1, 0.15) is 20.8 Å². The molecule has 0 amide bonds. The Kier molecular flexibility index (Phi) is 3.31. The van der Waals surface area contributed by atoms with Crippen LogP contribution in [0.2, 0.25) is 18.1 Å². The maximum Gasteiger partial charge on any atom is 0.525 e. The molecule has 0 aromatic rings. The molecule has 0 radical (unpaired) electrons. The van der Waals surface area contributed by atoms with E-state index in [1.165, 1.54) is 7.11 Å². The van der Waals surface area contributed by atoms with E-state index >= 15 is 0 Å². The molecule has 0 N–H and O–H groups in total. The van der Waals surface area contributed by atoms with Gasteiger partial charge < -0.3 is 9.16 Å². The van der Waals surface area contributed by atoms with Crippen LogP contribution in [-0.4, -0.2) is 15.4 Å². The largest absolute Gasteiger partial charge is 0.525 e. The second-order valence-electron chi connectivity index (χ2n) is 4.39. The Morgan fingerprint density at radius 1 is 1.25 bits per heavy atom. The average molecular weight is 187 g/mol. The minimum atomic E-state index is -1.78. The first-order chi connectivity index (χ1) is 5.20. The molecule has 12 heavy (non-hydrogen) atoms. The van der Waals surface area contributed by atoms with Gasteiger partial charge in [0.05, 0.1) is 7.11 Å². The van der Waals surface area contributed by atoms with E-state index < -0.39 is 8.32 Å². The molecule has 0 unspecified atom stereocenters. The maximum atomic E-state index is 5.56. The Bertz CT molecular complexity index is 168. The molecule has 0 spiro atoms. The van der Waals surface area contributed by atoms with Gasteiger partial charge in [0.1, 0.15) is 0 Å². The molecule has 0 aromatic heterocycles. The topological polar surface area (TPSA) is 18.5 Å². The van der Waals surface area contributed by atoms with E-state index in [1.54, 1.807) is 0 Å². The van der Waals surface area contributed by atoms with Crippen LogP contribution < -0.4 is 0 Å². The van der Waals surface area contributed by atoms with Crippen LogP contribution in [0.5, 0.6) is 0 Å². The third kappa shape index (κ3) is 2.84. The molecule has 0 saturated heterocycles. The molecule has 0 atom stereocenters. The van der Waals surface area contributed by atoms with Crippen molar-refractivity contribution in [2.45, 2.75) is 38.9 Å². The lowest BCUT2D eigenvalue weighted by atomic mass is 10.2. The van der Waals surface area contributed by atoms with E-state index in [4.69, 9.17) is 15.7 Å². The van der Waals surface area contributed by atoms with Crippen LogP contribution in [0.15, 0.2) is 5.95 Å². The summed E-state index contributed by atoms with van der Waals surface area (Å²) in [6.45, 7) is 16.2. The van der Waals surface area contributed by atoms with Crippen LogP contribution in [0.25, 0.3) is 0 Å². The summed E-state index contributed by atoms with van der Waals surface area (Å²) in [6, 6.07) is 0. The fourth-order valence-corrected chi connectivity index (χ4v) is 1.34. The van der Waals surface area contributed by atoms with Gasteiger partial charge in [-0.1, -0.05) is 20.8 Å². The molecule has 0 rings (SSSR count). The van der Waals surface area contributed by atoms with E-state index in [2.05, 4.69) is 33.9 Å². The predicted octanol–water partition coefficient (Wildman–Crippen LogP) is 2.93. The van der Waals surface area contributed by atoms with Gasteiger partial charge in [-0.2, -0.15) is 0 Å². The van der Waals surface area contributed by atoms with Crippen molar-refractivity contribution in [2.24, 2.45) is 0 Å². The van der Waals surface area contributed by atoms with Crippen molar-refractivity contribution >= 4 is 8.32 Å². The van der Waals surface area contributed by atoms with Gasteiger partial charge in [-0.3, -0.25) is 0 Å². The van der Waals surface area contributed by atoms with Crippen LogP contribution >= 0.6 is 0 Å². The van der Waals surface area contributed by atoms with Gasteiger partial charge in [0.15, 0.2) is 0 Å². The van der Waals surface area contributed by atoms with Gasteiger partial charge in [0.25, 0.3) is 14.9 Å². The van der Waals surface area contributed by atoms with E-state index in [0.29, 0.717) is 0 Å². The lowest BCUT2D eigenvalue weighted by Gasteiger charge is -2.33. The van der Waals surface area contributed by atoms with Crippen molar-refractivity contribution < 1.29 is 9.16 Å². The summed E-state index contributed by atoms with van der Waals surface area (Å²) in [7, 11) is -0.260. The van der Waals surface area contributed by atoms with Crippen molar-refractivity contribution in [3.8, 4) is 0 Å². The molecule has 0 saturated carbocycles. The van der Waals surface area contributed by atoms with Gasteiger partial charge in [0, 0.05) is 0 Å². The SMILES string of the molecule is [CH+]=C(OC)O[Si](C)(C)C(C)(C)C. The molecule has 0 aromatic carbocycles. The van der Waals surface area contributed by atoms with Crippen molar-refractivity contribution in [1.29, 1.82) is 0 Å². The second kappa shape index (κ2) is 3.46. The van der Waals surface area contributed by atoms with Crippen molar-refractivity contribution in [2.75, 3.05) is 7.11 Å². The fraction of sp³-hybridized carbons (Fsp3) is 0.778. The van der Waals surface area contributed by atoms with E-state index in [1.807, 2.05) is 0 Å². The Morgan fingerprint density at radius 2 is 1.67 bits per heavy atom. The Morgan fingerprint density at radius 3 is 1.92 bits per heavy atom. The van der Waals surface area contributed by atoms with E-state index in [-0.39, 0.29) is 11.0 Å². The molecule has 3 heteroatoms. The summed E-state index contributed by atoms with van der Waals surface area (Å²) < 4.78 is 10.4. The number of hydrogen-bond acceptors (Lipinski definition) is 2. The quantitative estimate of drug-likeness (QED) is 0.384.